The Labute approximate surface area is 189 Å². The average Bonchev–Trinajstić information content (AvgIpc) is 3.45. The van der Waals surface area contributed by atoms with Crippen LogP contribution in [0.25, 0.3) is 0 Å². The van der Waals surface area contributed by atoms with Crippen LogP contribution in [-0.4, -0.2) is 45.8 Å². The van der Waals surface area contributed by atoms with E-state index < -0.39 is 22.7 Å². The second-order valence-electron chi connectivity index (χ2n) is 7.95. The summed E-state index contributed by atoms with van der Waals surface area (Å²) in [7, 11) is 0. The molecule has 0 radical (unpaired) electrons. The van der Waals surface area contributed by atoms with Crippen molar-refractivity contribution in [2.24, 2.45) is 0 Å². The highest BCUT2D eigenvalue weighted by molar-refractivity contribution is 5.89. The number of aromatic nitrogens is 2. The highest BCUT2D eigenvalue weighted by Crippen LogP contribution is 2.41. The lowest BCUT2D eigenvalue weighted by Crippen LogP contribution is -2.32. The van der Waals surface area contributed by atoms with Crippen LogP contribution in [0.2, 0.25) is 0 Å². The number of anilines is 1. The summed E-state index contributed by atoms with van der Waals surface area (Å²) in [6.45, 7) is 6.32. The van der Waals surface area contributed by atoms with Crippen molar-refractivity contribution >= 4 is 23.6 Å². The van der Waals surface area contributed by atoms with Gasteiger partial charge in [-0.25, -0.2) is 4.79 Å². The van der Waals surface area contributed by atoms with Crippen LogP contribution in [0.5, 0.6) is 6.01 Å². The number of ether oxygens (including phenoxy) is 3. The van der Waals surface area contributed by atoms with Crippen molar-refractivity contribution in [1.29, 1.82) is 0 Å². The Morgan fingerprint density at radius 3 is 2.82 bits per heavy atom. The number of imidazole rings is 1. The molecule has 0 N–H and O–H groups in total. The second-order valence-corrected chi connectivity index (χ2v) is 7.95. The van der Waals surface area contributed by atoms with Crippen LogP contribution in [0.3, 0.4) is 0 Å². The van der Waals surface area contributed by atoms with Crippen molar-refractivity contribution in [1.82, 2.24) is 9.55 Å². The van der Waals surface area contributed by atoms with Gasteiger partial charge in [-0.05, 0) is 29.0 Å². The molecule has 3 heterocycles. The first-order chi connectivity index (χ1) is 15.8. The predicted octanol–water partition coefficient (Wildman–Crippen LogP) is 3.32. The van der Waals surface area contributed by atoms with Gasteiger partial charge in [0.1, 0.15) is 12.8 Å². The molecule has 174 valence electrons. The van der Waals surface area contributed by atoms with Crippen molar-refractivity contribution in [3.8, 4) is 6.01 Å². The number of hydrogen-bond acceptors (Lipinski definition) is 8. The zero-order valence-electron chi connectivity index (χ0n) is 18.1. The molecule has 0 bridgehead atoms. The van der Waals surface area contributed by atoms with Crippen LogP contribution in [-0.2, 0) is 26.4 Å². The second kappa shape index (κ2) is 8.93. The van der Waals surface area contributed by atoms with Gasteiger partial charge in [0.05, 0.1) is 13.1 Å². The standard InChI is InChI=1S/C22H24N4O7/c1-3-5-19(27)31-13-17-11-25(21(28)32-17)16-8-6-15(7-9-16)22(10-4-2)14-24-12-18(26(29)30)23-20(24)33-22/h4,6-9,12,17H,2-3,5,10-11,13-14H2,1H3. The third-order valence-electron chi connectivity index (χ3n) is 5.56. The number of nitrogens with zero attached hydrogens (tertiary/aromatic N) is 4. The minimum Gasteiger partial charge on any atom is -0.462 e. The molecule has 1 fully saturated rings. The maximum Gasteiger partial charge on any atom is 0.415 e. The van der Waals surface area contributed by atoms with E-state index in [1.807, 2.05) is 19.1 Å². The van der Waals surface area contributed by atoms with Gasteiger partial charge in [0.15, 0.2) is 11.7 Å². The highest BCUT2D eigenvalue weighted by Gasteiger charge is 2.44. The molecule has 11 nitrogen and oxygen atoms in total. The van der Waals surface area contributed by atoms with Crippen molar-refractivity contribution in [2.75, 3.05) is 18.1 Å². The quantitative estimate of drug-likeness (QED) is 0.243. The van der Waals surface area contributed by atoms with E-state index in [0.717, 1.165) is 5.56 Å². The summed E-state index contributed by atoms with van der Waals surface area (Å²) in [4.78, 5) is 39.7. The van der Waals surface area contributed by atoms with Gasteiger partial charge < -0.3 is 24.3 Å². The summed E-state index contributed by atoms with van der Waals surface area (Å²) in [6, 6.07) is 7.40. The average molecular weight is 456 g/mol. The van der Waals surface area contributed by atoms with Crippen LogP contribution in [0, 0.1) is 10.1 Å². The molecular formula is C22H24N4O7. The Morgan fingerprint density at radius 1 is 1.42 bits per heavy atom. The maximum absolute atomic E-state index is 12.3. The number of fused-ring (bicyclic) bond motifs is 1. The summed E-state index contributed by atoms with van der Waals surface area (Å²) >= 11 is 0. The Morgan fingerprint density at radius 2 is 2.18 bits per heavy atom. The molecule has 1 aromatic heterocycles. The molecular weight excluding hydrogens is 432 g/mol. The fraction of sp³-hybridized carbons (Fsp3) is 0.409. The van der Waals surface area contributed by atoms with E-state index in [-0.39, 0.29) is 30.9 Å². The first-order valence-corrected chi connectivity index (χ1v) is 10.6. The number of cyclic esters (lactones) is 1. The SMILES string of the molecule is C=CCC1(c2ccc(N3CC(COC(=O)CCC)OC3=O)cc2)Cn2cc([N+](=O)[O-])nc2O1. The highest BCUT2D eigenvalue weighted by atomic mass is 16.6. The number of carbonyl (C=O) groups excluding carboxylic acids is 2. The van der Waals surface area contributed by atoms with E-state index in [0.29, 0.717) is 31.5 Å². The lowest BCUT2D eigenvalue weighted by Gasteiger charge is -2.27. The van der Waals surface area contributed by atoms with Gasteiger partial charge in [0.25, 0.3) is 0 Å². The van der Waals surface area contributed by atoms with Crippen molar-refractivity contribution < 1.29 is 28.7 Å². The molecule has 1 saturated heterocycles. The van der Waals surface area contributed by atoms with E-state index in [1.54, 1.807) is 22.8 Å². The third-order valence-corrected chi connectivity index (χ3v) is 5.56. The fourth-order valence-electron chi connectivity index (χ4n) is 3.98. The lowest BCUT2D eigenvalue weighted by atomic mass is 9.90. The van der Waals surface area contributed by atoms with Crippen molar-refractivity contribution in [3.63, 3.8) is 0 Å². The van der Waals surface area contributed by atoms with Crippen LogP contribution >= 0.6 is 0 Å². The van der Waals surface area contributed by atoms with Crippen molar-refractivity contribution in [3.05, 3.63) is 58.8 Å². The first-order valence-electron chi connectivity index (χ1n) is 10.6. The molecule has 2 aliphatic rings. The normalized spacial score (nSPS) is 21.3. The topological polar surface area (TPSA) is 126 Å². The predicted molar refractivity (Wildman–Crippen MR) is 116 cm³/mol. The summed E-state index contributed by atoms with van der Waals surface area (Å²) in [6.07, 6.45) is 3.50. The number of esters is 1. The Hall–Kier alpha value is -3.89. The van der Waals surface area contributed by atoms with E-state index in [9.17, 15) is 19.7 Å². The minimum atomic E-state index is -0.806. The molecule has 0 saturated carbocycles. The minimum absolute atomic E-state index is 0.0209. The number of rotatable bonds is 9. The van der Waals surface area contributed by atoms with Crippen molar-refractivity contribution in [2.45, 2.75) is 44.4 Å². The molecule has 33 heavy (non-hydrogen) atoms. The van der Waals surface area contributed by atoms with Gasteiger partial charge in [-0.1, -0.05) is 25.1 Å². The number of hydrogen-bond donors (Lipinski definition) is 0. The number of amides is 1. The van der Waals surface area contributed by atoms with E-state index in [2.05, 4.69) is 11.6 Å². The molecule has 2 aliphatic heterocycles. The largest absolute Gasteiger partial charge is 0.462 e. The van der Waals surface area contributed by atoms with Gasteiger partial charge >= 0.3 is 23.9 Å². The molecule has 1 amide bonds. The van der Waals surface area contributed by atoms with Crippen LogP contribution in [0.1, 0.15) is 31.7 Å². The van der Waals surface area contributed by atoms with Gasteiger partial charge in [-0.2, -0.15) is 0 Å². The van der Waals surface area contributed by atoms with E-state index in [1.165, 1.54) is 11.1 Å². The first kappa shape index (κ1) is 22.3. The van der Waals surface area contributed by atoms with Gasteiger partial charge in [-0.3, -0.25) is 14.3 Å². The molecule has 0 aliphatic carbocycles. The number of carbonyl (C=O) groups is 2. The molecule has 2 unspecified atom stereocenters. The smallest absolute Gasteiger partial charge is 0.415 e. The summed E-state index contributed by atoms with van der Waals surface area (Å²) in [5.41, 5.74) is 0.641. The zero-order valence-corrected chi connectivity index (χ0v) is 18.1. The zero-order chi connectivity index (χ0) is 23.6. The van der Waals surface area contributed by atoms with E-state index >= 15 is 0 Å². The van der Waals surface area contributed by atoms with Crippen LogP contribution in [0.4, 0.5) is 16.3 Å². The molecule has 2 atom stereocenters. The Balaban J connectivity index is 1.46. The monoisotopic (exact) mass is 456 g/mol. The Bertz CT molecular complexity index is 1060. The van der Waals surface area contributed by atoms with Gasteiger partial charge in [0, 0.05) is 23.5 Å². The Kier molecular flexibility index (Phi) is 6.03. The summed E-state index contributed by atoms with van der Waals surface area (Å²) < 4.78 is 18.1. The third kappa shape index (κ3) is 4.38. The number of nitro groups is 1. The van der Waals surface area contributed by atoms with E-state index in [4.69, 9.17) is 14.2 Å². The molecule has 0 spiro atoms. The summed E-state index contributed by atoms with van der Waals surface area (Å²) in [5.74, 6) is -0.583. The maximum atomic E-state index is 12.3. The van der Waals surface area contributed by atoms with Gasteiger partial charge in [0.2, 0.25) is 0 Å². The van der Waals surface area contributed by atoms with Crippen LogP contribution in [0.15, 0.2) is 43.1 Å². The number of benzene rings is 1. The molecule has 4 rings (SSSR count). The van der Waals surface area contributed by atoms with Crippen LogP contribution < -0.4 is 9.64 Å². The summed E-state index contributed by atoms with van der Waals surface area (Å²) in [5, 5.41) is 11.0. The molecule has 1 aromatic carbocycles. The molecule has 2 aromatic rings. The van der Waals surface area contributed by atoms with Gasteiger partial charge in [-0.15, -0.1) is 6.58 Å². The lowest BCUT2D eigenvalue weighted by molar-refractivity contribution is -0.389. The fourth-order valence-corrected chi connectivity index (χ4v) is 3.98. The molecule has 11 heteroatoms.